The molecule has 1 unspecified atom stereocenters. The summed E-state index contributed by atoms with van der Waals surface area (Å²) in [5.74, 6) is 0.246. The van der Waals surface area contributed by atoms with Crippen LogP contribution in [0.2, 0.25) is 0 Å². The number of aryl methyl sites for hydroxylation is 4. The highest BCUT2D eigenvalue weighted by Gasteiger charge is 2.29. The van der Waals surface area contributed by atoms with Crippen LogP contribution in [0.25, 0.3) is 0 Å². The van der Waals surface area contributed by atoms with Gasteiger partial charge in [-0.1, -0.05) is 0 Å². The largest absolute Gasteiger partial charge is 0.334 e. The number of aromatic nitrogens is 4. The second-order valence-corrected chi connectivity index (χ2v) is 6.82. The van der Waals surface area contributed by atoms with E-state index in [0.717, 1.165) is 55.0 Å². The Morgan fingerprint density at radius 3 is 2.83 bits per heavy atom. The average molecular weight is 329 g/mol. The van der Waals surface area contributed by atoms with Crippen molar-refractivity contribution in [3.05, 3.63) is 34.9 Å². The first-order valence-corrected chi connectivity index (χ1v) is 8.86. The van der Waals surface area contributed by atoms with Crippen molar-refractivity contribution in [3.8, 4) is 0 Å². The lowest BCUT2D eigenvalue weighted by atomic mass is 9.97. The SMILES string of the molecule is Cc1cc(C)n(CCCC(=O)N2CCCCC2c2[nH]ncc2C)n1. The van der Waals surface area contributed by atoms with Gasteiger partial charge in [-0.05, 0) is 58.1 Å². The molecule has 0 spiro atoms. The van der Waals surface area contributed by atoms with Crippen molar-refractivity contribution in [1.82, 2.24) is 24.9 Å². The van der Waals surface area contributed by atoms with E-state index in [2.05, 4.69) is 35.2 Å². The maximum atomic E-state index is 12.8. The number of hydrogen-bond acceptors (Lipinski definition) is 3. The third-order valence-corrected chi connectivity index (χ3v) is 4.89. The van der Waals surface area contributed by atoms with Crippen molar-refractivity contribution in [2.45, 2.75) is 65.5 Å². The van der Waals surface area contributed by atoms with Crippen LogP contribution in [0.3, 0.4) is 0 Å². The molecule has 6 heteroatoms. The topological polar surface area (TPSA) is 66.8 Å². The fourth-order valence-corrected chi connectivity index (χ4v) is 3.65. The van der Waals surface area contributed by atoms with Crippen LogP contribution in [0.15, 0.2) is 12.3 Å². The molecule has 1 aliphatic heterocycles. The third-order valence-electron chi connectivity index (χ3n) is 4.89. The van der Waals surface area contributed by atoms with Crippen LogP contribution in [-0.2, 0) is 11.3 Å². The zero-order chi connectivity index (χ0) is 17.1. The molecule has 24 heavy (non-hydrogen) atoms. The van der Waals surface area contributed by atoms with E-state index < -0.39 is 0 Å². The molecule has 0 radical (unpaired) electrons. The molecular formula is C18H27N5O. The van der Waals surface area contributed by atoms with Gasteiger partial charge in [0.2, 0.25) is 5.91 Å². The van der Waals surface area contributed by atoms with Crippen molar-refractivity contribution in [2.24, 2.45) is 0 Å². The number of aromatic amines is 1. The maximum Gasteiger partial charge on any atom is 0.223 e. The summed E-state index contributed by atoms with van der Waals surface area (Å²) in [6, 6.07) is 2.23. The zero-order valence-electron chi connectivity index (χ0n) is 14.9. The van der Waals surface area contributed by atoms with E-state index in [1.807, 2.05) is 22.7 Å². The van der Waals surface area contributed by atoms with Gasteiger partial charge in [-0.25, -0.2) is 0 Å². The molecule has 6 nitrogen and oxygen atoms in total. The van der Waals surface area contributed by atoms with Gasteiger partial charge in [-0.2, -0.15) is 10.2 Å². The minimum absolute atomic E-state index is 0.155. The number of piperidine rings is 1. The van der Waals surface area contributed by atoms with Gasteiger partial charge in [0.05, 0.1) is 23.6 Å². The lowest BCUT2D eigenvalue weighted by Crippen LogP contribution is -2.39. The smallest absolute Gasteiger partial charge is 0.223 e. The Morgan fingerprint density at radius 1 is 1.33 bits per heavy atom. The van der Waals surface area contributed by atoms with Gasteiger partial charge in [0, 0.05) is 25.2 Å². The van der Waals surface area contributed by atoms with Crippen molar-refractivity contribution in [3.63, 3.8) is 0 Å². The molecule has 1 fully saturated rings. The number of rotatable bonds is 5. The Hall–Kier alpha value is -2.11. The van der Waals surface area contributed by atoms with Crippen molar-refractivity contribution >= 4 is 5.91 Å². The van der Waals surface area contributed by atoms with Gasteiger partial charge in [0.25, 0.3) is 0 Å². The lowest BCUT2D eigenvalue weighted by molar-refractivity contribution is -0.135. The molecule has 1 aliphatic rings. The summed E-state index contributed by atoms with van der Waals surface area (Å²) in [5.41, 5.74) is 4.43. The highest BCUT2D eigenvalue weighted by Crippen LogP contribution is 2.31. The van der Waals surface area contributed by atoms with Gasteiger partial charge in [0.1, 0.15) is 0 Å². The van der Waals surface area contributed by atoms with Gasteiger partial charge >= 0.3 is 0 Å². The van der Waals surface area contributed by atoms with Crippen LogP contribution >= 0.6 is 0 Å². The van der Waals surface area contributed by atoms with E-state index in [4.69, 9.17) is 0 Å². The molecule has 1 atom stereocenters. The summed E-state index contributed by atoms with van der Waals surface area (Å²) in [6.07, 6.45) is 6.52. The molecule has 0 saturated carbocycles. The minimum Gasteiger partial charge on any atom is -0.334 e. The molecule has 130 valence electrons. The summed E-state index contributed by atoms with van der Waals surface area (Å²) in [5, 5.41) is 11.7. The molecule has 2 aromatic heterocycles. The molecule has 3 rings (SSSR count). The first-order valence-electron chi connectivity index (χ1n) is 8.86. The van der Waals surface area contributed by atoms with Gasteiger partial charge in [-0.3, -0.25) is 14.6 Å². The Morgan fingerprint density at radius 2 is 2.17 bits per heavy atom. The van der Waals surface area contributed by atoms with Crippen LogP contribution in [0.4, 0.5) is 0 Å². The molecule has 3 heterocycles. The summed E-state index contributed by atoms with van der Waals surface area (Å²) in [4.78, 5) is 14.8. The standard InChI is InChI=1S/C18H27N5O/c1-13-12-19-20-18(13)16-7-4-5-9-22(16)17(24)8-6-10-23-15(3)11-14(2)21-23/h11-12,16H,4-10H2,1-3H3,(H,19,20). The van der Waals surface area contributed by atoms with Crippen LogP contribution in [0.1, 0.15) is 60.8 Å². The van der Waals surface area contributed by atoms with E-state index in [9.17, 15) is 4.79 Å². The number of nitrogens with one attached hydrogen (secondary N) is 1. The second-order valence-electron chi connectivity index (χ2n) is 6.82. The summed E-state index contributed by atoms with van der Waals surface area (Å²) in [6.45, 7) is 7.76. The molecule has 1 N–H and O–H groups in total. The molecular weight excluding hydrogens is 302 g/mol. The van der Waals surface area contributed by atoms with Crippen molar-refractivity contribution < 1.29 is 4.79 Å². The van der Waals surface area contributed by atoms with Crippen molar-refractivity contribution in [2.75, 3.05) is 6.54 Å². The number of H-pyrrole nitrogens is 1. The molecule has 0 bridgehead atoms. The number of nitrogens with zero attached hydrogens (tertiary/aromatic N) is 4. The summed E-state index contributed by atoms with van der Waals surface area (Å²) in [7, 11) is 0. The second kappa shape index (κ2) is 7.20. The van der Waals surface area contributed by atoms with Crippen LogP contribution in [0.5, 0.6) is 0 Å². The normalized spacial score (nSPS) is 18.1. The molecule has 1 saturated heterocycles. The number of carbonyl (C=O) groups excluding carboxylic acids is 1. The molecule has 0 aliphatic carbocycles. The first-order chi connectivity index (χ1) is 11.6. The zero-order valence-corrected chi connectivity index (χ0v) is 14.9. The first kappa shape index (κ1) is 16.7. The van der Waals surface area contributed by atoms with E-state index in [-0.39, 0.29) is 11.9 Å². The third kappa shape index (κ3) is 3.52. The quantitative estimate of drug-likeness (QED) is 0.917. The van der Waals surface area contributed by atoms with E-state index in [1.165, 1.54) is 6.42 Å². The Labute approximate surface area is 143 Å². The molecule has 2 aromatic rings. The molecule has 1 amide bonds. The summed E-state index contributed by atoms with van der Waals surface area (Å²) >= 11 is 0. The highest BCUT2D eigenvalue weighted by molar-refractivity contribution is 5.76. The fourth-order valence-electron chi connectivity index (χ4n) is 3.65. The van der Waals surface area contributed by atoms with E-state index in [1.54, 1.807) is 0 Å². The van der Waals surface area contributed by atoms with Crippen LogP contribution < -0.4 is 0 Å². The van der Waals surface area contributed by atoms with E-state index in [0.29, 0.717) is 6.42 Å². The predicted molar refractivity (Wildman–Crippen MR) is 92.6 cm³/mol. The Kier molecular flexibility index (Phi) is 5.02. The van der Waals surface area contributed by atoms with Crippen LogP contribution in [-0.4, -0.2) is 37.3 Å². The highest BCUT2D eigenvalue weighted by atomic mass is 16.2. The van der Waals surface area contributed by atoms with E-state index >= 15 is 0 Å². The Balaban J connectivity index is 1.60. The number of hydrogen-bond donors (Lipinski definition) is 1. The summed E-state index contributed by atoms with van der Waals surface area (Å²) < 4.78 is 2.00. The van der Waals surface area contributed by atoms with Gasteiger partial charge in [-0.15, -0.1) is 0 Å². The number of likely N-dealkylation sites (tertiary alicyclic amines) is 1. The van der Waals surface area contributed by atoms with Crippen molar-refractivity contribution in [1.29, 1.82) is 0 Å². The average Bonchev–Trinajstić information content (AvgIpc) is 3.12. The minimum atomic E-state index is 0.155. The number of carbonyl (C=O) groups is 1. The Bertz CT molecular complexity index is 702. The monoisotopic (exact) mass is 329 g/mol. The maximum absolute atomic E-state index is 12.8. The van der Waals surface area contributed by atoms with Gasteiger partial charge < -0.3 is 4.90 Å². The fraction of sp³-hybridized carbons (Fsp3) is 0.611. The number of amides is 1. The van der Waals surface area contributed by atoms with Crippen LogP contribution in [0, 0.1) is 20.8 Å². The lowest BCUT2D eigenvalue weighted by Gasteiger charge is -2.35. The van der Waals surface area contributed by atoms with Gasteiger partial charge in [0.15, 0.2) is 0 Å². The predicted octanol–water partition coefficient (Wildman–Crippen LogP) is 3.07. The molecule has 0 aromatic carbocycles.